The molecule has 0 fully saturated rings. The molecule has 18 heavy (non-hydrogen) atoms. The summed E-state index contributed by atoms with van der Waals surface area (Å²) in [6.07, 6.45) is 2.16. The van der Waals surface area contributed by atoms with Crippen LogP contribution in [0.25, 0.3) is 0 Å². The molecule has 0 saturated heterocycles. The Balaban J connectivity index is 2.67. The normalized spacial score (nSPS) is 13.3. The molecule has 0 bridgehead atoms. The molecule has 5 heteroatoms. The number of hydrogen-bond donors (Lipinski definition) is 1. The van der Waals surface area contributed by atoms with Gasteiger partial charge < -0.3 is 10.6 Å². The molecule has 0 aliphatic carbocycles. The van der Waals surface area contributed by atoms with Crippen LogP contribution in [0.15, 0.2) is 24.3 Å². The van der Waals surface area contributed by atoms with E-state index in [-0.39, 0.29) is 11.8 Å². The molecule has 1 aromatic rings. The fraction of sp³-hybridized carbons (Fsp3) is 0.538. The first kappa shape index (κ1) is 15.0. The van der Waals surface area contributed by atoms with Gasteiger partial charge in [-0.05, 0) is 24.1 Å². The number of hydrogen-bond acceptors (Lipinski definition) is 4. The zero-order chi connectivity index (χ0) is 13.8. The fourth-order valence-corrected chi connectivity index (χ4v) is 2.25. The van der Waals surface area contributed by atoms with Crippen LogP contribution in [0, 0.1) is 0 Å². The van der Waals surface area contributed by atoms with Crippen LogP contribution in [0.3, 0.4) is 0 Å². The van der Waals surface area contributed by atoms with E-state index in [9.17, 15) is 8.42 Å². The first-order chi connectivity index (χ1) is 8.33. The van der Waals surface area contributed by atoms with Gasteiger partial charge in [0.05, 0.1) is 5.75 Å². The molecule has 2 N–H and O–H groups in total. The van der Waals surface area contributed by atoms with Crippen molar-refractivity contribution in [2.75, 3.05) is 30.5 Å². The smallest absolute Gasteiger partial charge is 0.149 e. The van der Waals surface area contributed by atoms with Gasteiger partial charge in [-0.2, -0.15) is 0 Å². The van der Waals surface area contributed by atoms with Crippen LogP contribution >= 0.6 is 0 Å². The predicted octanol–water partition coefficient (Wildman–Crippen LogP) is 1.58. The number of anilines is 1. The topological polar surface area (TPSA) is 63.4 Å². The quantitative estimate of drug-likeness (QED) is 0.852. The lowest BCUT2D eigenvalue weighted by molar-refractivity contribution is 0.601. The molecule has 1 unspecified atom stereocenters. The third-order valence-electron chi connectivity index (χ3n) is 3.00. The van der Waals surface area contributed by atoms with Crippen molar-refractivity contribution in [1.82, 2.24) is 0 Å². The summed E-state index contributed by atoms with van der Waals surface area (Å²) >= 11 is 0. The summed E-state index contributed by atoms with van der Waals surface area (Å²) in [4.78, 5) is 1.93. The molecule has 0 amide bonds. The minimum absolute atomic E-state index is 0.0698. The van der Waals surface area contributed by atoms with Crippen molar-refractivity contribution < 1.29 is 8.42 Å². The second kappa shape index (κ2) is 6.20. The summed E-state index contributed by atoms with van der Waals surface area (Å²) in [7, 11) is -1.03. The first-order valence-electron chi connectivity index (χ1n) is 6.08. The molecule has 0 aromatic heterocycles. The van der Waals surface area contributed by atoms with Crippen molar-refractivity contribution in [3.05, 3.63) is 29.8 Å². The number of sulfone groups is 1. The van der Waals surface area contributed by atoms with E-state index in [1.165, 1.54) is 6.26 Å². The molecule has 0 heterocycles. The Hall–Kier alpha value is -1.07. The van der Waals surface area contributed by atoms with E-state index >= 15 is 0 Å². The third kappa shape index (κ3) is 4.66. The molecule has 1 aromatic carbocycles. The van der Waals surface area contributed by atoms with Crippen molar-refractivity contribution >= 4 is 15.5 Å². The second-order valence-electron chi connectivity index (χ2n) is 4.66. The Bertz CT molecular complexity index is 468. The molecule has 4 nitrogen and oxygen atoms in total. The van der Waals surface area contributed by atoms with Gasteiger partial charge in [-0.1, -0.05) is 19.1 Å². The molecule has 102 valence electrons. The van der Waals surface area contributed by atoms with Gasteiger partial charge in [0.1, 0.15) is 9.84 Å². The average Bonchev–Trinajstić information content (AvgIpc) is 2.34. The van der Waals surface area contributed by atoms with Crippen LogP contribution in [-0.4, -0.2) is 34.0 Å². The van der Waals surface area contributed by atoms with Crippen molar-refractivity contribution in [3.63, 3.8) is 0 Å². The van der Waals surface area contributed by atoms with Gasteiger partial charge in [0.25, 0.3) is 0 Å². The molecule has 1 atom stereocenters. The van der Waals surface area contributed by atoms with E-state index in [1.54, 1.807) is 0 Å². The highest BCUT2D eigenvalue weighted by atomic mass is 32.2. The zero-order valence-corrected chi connectivity index (χ0v) is 12.1. The SMILES string of the molecule is CCC(N)c1ccc(N(C)CCS(C)(=O)=O)cc1. The van der Waals surface area contributed by atoms with E-state index in [0.717, 1.165) is 17.7 Å². The Labute approximate surface area is 110 Å². The fourth-order valence-electron chi connectivity index (χ4n) is 1.64. The minimum atomic E-state index is -2.91. The maximum absolute atomic E-state index is 11.1. The van der Waals surface area contributed by atoms with Crippen molar-refractivity contribution in [2.24, 2.45) is 5.73 Å². The Kier molecular flexibility index (Phi) is 5.16. The maximum atomic E-state index is 11.1. The molecule has 0 aliphatic rings. The number of benzene rings is 1. The van der Waals surface area contributed by atoms with Crippen LogP contribution in [0.1, 0.15) is 24.9 Å². The summed E-state index contributed by atoms with van der Waals surface area (Å²) in [5.74, 6) is 0.166. The van der Waals surface area contributed by atoms with Crippen molar-refractivity contribution in [3.8, 4) is 0 Å². The standard InChI is InChI=1S/C13H22N2O2S/c1-4-13(14)11-5-7-12(8-6-11)15(2)9-10-18(3,16)17/h5-8,13H,4,9-10,14H2,1-3H3. The number of nitrogens with zero attached hydrogens (tertiary/aromatic N) is 1. The largest absolute Gasteiger partial charge is 0.374 e. The van der Waals surface area contributed by atoms with Gasteiger partial charge in [-0.25, -0.2) is 8.42 Å². The van der Waals surface area contributed by atoms with Crippen LogP contribution < -0.4 is 10.6 Å². The number of rotatable bonds is 6. The summed E-state index contributed by atoms with van der Waals surface area (Å²) in [6, 6.07) is 8.03. The summed E-state index contributed by atoms with van der Waals surface area (Å²) < 4.78 is 22.2. The summed E-state index contributed by atoms with van der Waals surface area (Å²) in [5, 5.41) is 0. The molecule has 0 radical (unpaired) electrons. The second-order valence-corrected chi connectivity index (χ2v) is 6.92. The Morgan fingerprint density at radius 1 is 1.28 bits per heavy atom. The highest BCUT2D eigenvalue weighted by Gasteiger charge is 2.07. The van der Waals surface area contributed by atoms with Gasteiger partial charge in [-0.3, -0.25) is 0 Å². The lowest BCUT2D eigenvalue weighted by Crippen LogP contribution is -2.24. The predicted molar refractivity (Wildman–Crippen MR) is 76.6 cm³/mol. The molecule has 0 spiro atoms. The van der Waals surface area contributed by atoms with Gasteiger partial charge >= 0.3 is 0 Å². The van der Waals surface area contributed by atoms with Crippen molar-refractivity contribution in [2.45, 2.75) is 19.4 Å². The monoisotopic (exact) mass is 270 g/mol. The van der Waals surface area contributed by atoms with Crippen molar-refractivity contribution in [1.29, 1.82) is 0 Å². The lowest BCUT2D eigenvalue weighted by atomic mass is 10.1. The maximum Gasteiger partial charge on any atom is 0.149 e. The number of nitrogens with two attached hydrogens (primary N) is 1. The van der Waals surface area contributed by atoms with E-state index < -0.39 is 9.84 Å². The van der Waals surface area contributed by atoms with E-state index in [1.807, 2.05) is 36.2 Å². The average molecular weight is 270 g/mol. The van der Waals surface area contributed by atoms with Gasteiger partial charge in [0, 0.05) is 31.6 Å². The van der Waals surface area contributed by atoms with Crippen LogP contribution in [0.4, 0.5) is 5.69 Å². The summed E-state index contributed by atoms with van der Waals surface area (Å²) in [5.41, 5.74) is 8.06. The molecular formula is C13H22N2O2S. The van der Waals surface area contributed by atoms with E-state index in [0.29, 0.717) is 6.54 Å². The van der Waals surface area contributed by atoms with E-state index in [2.05, 4.69) is 6.92 Å². The zero-order valence-electron chi connectivity index (χ0n) is 11.3. The highest BCUT2D eigenvalue weighted by Crippen LogP contribution is 2.18. The highest BCUT2D eigenvalue weighted by molar-refractivity contribution is 7.90. The van der Waals surface area contributed by atoms with E-state index in [4.69, 9.17) is 5.73 Å². The minimum Gasteiger partial charge on any atom is -0.374 e. The Morgan fingerprint density at radius 2 is 1.83 bits per heavy atom. The molecule has 1 rings (SSSR count). The summed E-state index contributed by atoms with van der Waals surface area (Å²) in [6.45, 7) is 2.55. The molecule has 0 aliphatic heterocycles. The van der Waals surface area contributed by atoms with Gasteiger partial charge in [0.15, 0.2) is 0 Å². The van der Waals surface area contributed by atoms with Gasteiger partial charge in [0.2, 0.25) is 0 Å². The third-order valence-corrected chi connectivity index (χ3v) is 3.92. The van der Waals surface area contributed by atoms with Crippen LogP contribution in [0.5, 0.6) is 0 Å². The molecular weight excluding hydrogens is 248 g/mol. The molecule has 0 saturated carbocycles. The lowest BCUT2D eigenvalue weighted by Gasteiger charge is -2.19. The first-order valence-corrected chi connectivity index (χ1v) is 8.14. The van der Waals surface area contributed by atoms with Crippen LogP contribution in [0.2, 0.25) is 0 Å². The van der Waals surface area contributed by atoms with Crippen LogP contribution in [-0.2, 0) is 9.84 Å². The van der Waals surface area contributed by atoms with Gasteiger partial charge in [-0.15, -0.1) is 0 Å². The Morgan fingerprint density at radius 3 is 2.28 bits per heavy atom.